The largest absolute Gasteiger partial charge is 0.457 e. The Balaban J connectivity index is 1.54. The quantitative estimate of drug-likeness (QED) is 0.643. The third-order valence-corrected chi connectivity index (χ3v) is 3.04. The van der Waals surface area contributed by atoms with Crippen LogP contribution in [0, 0.1) is 0 Å². The van der Waals surface area contributed by atoms with Crippen LogP contribution < -0.4 is 0 Å². The molecule has 24 heavy (non-hydrogen) atoms. The van der Waals surface area contributed by atoms with Crippen molar-refractivity contribution in [2.75, 3.05) is 0 Å². The third kappa shape index (κ3) is 3.89. The molecule has 3 aromatic heterocycles. The molecule has 0 amide bonds. The first-order valence-electron chi connectivity index (χ1n) is 7.06. The lowest BCUT2D eigenvalue weighted by atomic mass is 10.2. The first-order chi connectivity index (χ1) is 11.7. The third-order valence-electron chi connectivity index (χ3n) is 3.04. The van der Waals surface area contributed by atoms with E-state index in [0.717, 1.165) is 0 Å². The Bertz CT molecular complexity index is 742. The molecule has 0 fully saturated rings. The number of rotatable bonds is 6. The number of esters is 2. The normalized spacial score (nSPS) is 10.3. The molecule has 122 valence electrons. The van der Waals surface area contributed by atoms with Gasteiger partial charge in [-0.05, 0) is 30.3 Å². The molecule has 3 heterocycles. The maximum Gasteiger partial charge on any atom is 0.374 e. The van der Waals surface area contributed by atoms with E-state index < -0.39 is 11.9 Å². The van der Waals surface area contributed by atoms with E-state index in [9.17, 15) is 9.59 Å². The molecule has 0 aliphatic rings. The summed E-state index contributed by atoms with van der Waals surface area (Å²) in [4.78, 5) is 27.4. The van der Waals surface area contributed by atoms with E-state index >= 15 is 0 Å². The van der Waals surface area contributed by atoms with Crippen molar-refractivity contribution >= 4 is 11.9 Å². The van der Waals surface area contributed by atoms with Crippen molar-refractivity contribution in [3.8, 4) is 0 Å². The second kappa shape index (κ2) is 7.28. The van der Waals surface area contributed by atoms with E-state index in [1.807, 2.05) is 0 Å². The second-order valence-corrected chi connectivity index (χ2v) is 4.81. The number of nitrogens with zero attached hydrogens (tertiary/aromatic N) is 1. The van der Waals surface area contributed by atoms with Crippen molar-refractivity contribution in [1.82, 2.24) is 4.98 Å². The number of hydrogen-bond acceptors (Lipinski definition) is 7. The molecule has 0 bridgehead atoms. The fourth-order valence-electron chi connectivity index (χ4n) is 1.93. The summed E-state index contributed by atoms with van der Waals surface area (Å²) in [5.74, 6) is -0.859. The molecular formula is C17H13NO6. The molecule has 7 nitrogen and oxygen atoms in total. The molecule has 0 aromatic carbocycles. The topological polar surface area (TPSA) is 91.8 Å². The summed E-state index contributed by atoms with van der Waals surface area (Å²) in [6.07, 6.45) is 5.92. The van der Waals surface area contributed by atoms with E-state index in [2.05, 4.69) is 4.98 Å². The lowest BCUT2D eigenvalue weighted by Gasteiger charge is -2.06. The zero-order chi connectivity index (χ0) is 16.8. The van der Waals surface area contributed by atoms with Crippen LogP contribution in [0.25, 0.3) is 0 Å². The van der Waals surface area contributed by atoms with Gasteiger partial charge in [-0.15, -0.1) is 0 Å². The van der Waals surface area contributed by atoms with Gasteiger partial charge in [-0.1, -0.05) is 0 Å². The summed E-state index contributed by atoms with van der Waals surface area (Å²) >= 11 is 0. The average molecular weight is 327 g/mol. The van der Waals surface area contributed by atoms with Gasteiger partial charge in [0.2, 0.25) is 11.5 Å². The van der Waals surface area contributed by atoms with Gasteiger partial charge < -0.3 is 18.3 Å². The minimum atomic E-state index is -0.561. The maximum absolute atomic E-state index is 11.7. The van der Waals surface area contributed by atoms with Crippen molar-refractivity contribution in [2.45, 2.75) is 13.2 Å². The fourth-order valence-corrected chi connectivity index (χ4v) is 1.93. The van der Waals surface area contributed by atoms with Crippen LogP contribution in [0.15, 0.2) is 64.1 Å². The summed E-state index contributed by atoms with van der Waals surface area (Å²) in [6, 6.07) is 7.98. The molecule has 0 atom stereocenters. The summed E-state index contributed by atoms with van der Waals surface area (Å²) in [6.45, 7) is 0.0685. The number of carbonyl (C=O) groups excluding carboxylic acids is 2. The molecule has 3 rings (SSSR count). The van der Waals surface area contributed by atoms with Gasteiger partial charge in [0, 0.05) is 23.5 Å². The first-order valence-corrected chi connectivity index (χ1v) is 7.06. The molecule has 0 saturated heterocycles. The van der Waals surface area contributed by atoms with Gasteiger partial charge in [0.15, 0.2) is 0 Å². The smallest absolute Gasteiger partial charge is 0.374 e. The van der Waals surface area contributed by atoms with E-state index in [0.29, 0.717) is 11.1 Å². The van der Waals surface area contributed by atoms with Crippen LogP contribution in [-0.4, -0.2) is 16.9 Å². The van der Waals surface area contributed by atoms with Gasteiger partial charge in [0.05, 0.1) is 12.5 Å². The lowest BCUT2D eigenvalue weighted by Crippen LogP contribution is -2.06. The molecule has 0 spiro atoms. The Kier molecular flexibility index (Phi) is 4.71. The van der Waals surface area contributed by atoms with E-state index in [-0.39, 0.29) is 24.7 Å². The number of carbonyl (C=O) groups is 2. The second-order valence-electron chi connectivity index (χ2n) is 4.81. The zero-order valence-corrected chi connectivity index (χ0v) is 12.5. The van der Waals surface area contributed by atoms with Crippen molar-refractivity contribution in [3.63, 3.8) is 0 Å². The Labute approximate surface area is 136 Å². The molecule has 7 heteroatoms. The van der Waals surface area contributed by atoms with Crippen LogP contribution in [0.3, 0.4) is 0 Å². The van der Waals surface area contributed by atoms with Crippen molar-refractivity contribution < 1.29 is 27.9 Å². The SMILES string of the molecule is O=C(OCc1cncc(COC(=O)c2ccco2)c1)c1ccco1. The molecule has 0 aliphatic carbocycles. The highest BCUT2D eigenvalue weighted by molar-refractivity contribution is 5.86. The molecule has 0 saturated carbocycles. The number of hydrogen-bond donors (Lipinski definition) is 0. The average Bonchev–Trinajstić information content (AvgIpc) is 3.31. The Morgan fingerprint density at radius 1 is 0.875 bits per heavy atom. The highest BCUT2D eigenvalue weighted by Gasteiger charge is 2.12. The van der Waals surface area contributed by atoms with Crippen LogP contribution in [0.4, 0.5) is 0 Å². The van der Waals surface area contributed by atoms with Crippen LogP contribution >= 0.6 is 0 Å². The van der Waals surface area contributed by atoms with Gasteiger partial charge in [0.25, 0.3) is 0 Å². The fraction of sp³-hybridized carbons (Fsp3) is 0.118. The number of pyridine rings is 1. The highest BCUT2D eigenvalue weighted by Crippen LogP contribution is 2.10. The first kappa shape index (κ1) is 15.5. The maximum atomic E-state index is 11.7. The van der Waals surface area contributed by atoms with E-state index in [1.165, 1.54) is 24.7 Å². The van der Waals surface area contributed by atoms with Gasteiger partial charge in [-0.2, -0.15) is 0 Å². The van der Waals surface area contributed by atoms with Crippen molar-refractivity contribution in [3.05, 3.63) is 77.9 Å². The Hall–Kier alpha value is -3.35. The van der Waals surface area contributed by atoms with Crippen molar-refractivity contribution in [2.24, 2.45) is 0 Å². The summed E-state index contributed by atoms with van der Waals surface area (Å²) < 4.78 is 20.1. The van der Waals surface area contributed by atoms with Crippen LogP contribution in [0.2, 0.25) is 0 Å². The summed E-state index contributed by atoms with van der Waals surface area (Å²) in [7, 11) is 0. The Morgan fingerprint density at radius 2 is 1.38 bits per heavy atom. The molecule has 0 N–H and O–H groups in total. The molecule has 0 aliphatic heterocycles. The highest BCUT2D eigenvalue weighted by atomic mass is 16.5. The van der Waals surface area contributed by atoms with E-state index in [4.69, 9.17) is 18.3 Å². The number of furan rings is 2. The van der Waals surface area contributed by atoms with Gasteiger partial charge in [-0.3, -0.25) is 4.98 Å². The van der Waals surface area contributed by atoms with E-state index in [1.54, 1.807) is 30.6 Å². The van der Waals surface area contributed by atoms with Gasteiger partial charge >= 0.3 is 11.9 Å². The molecule has 0 unspecified atom stereocenters. The minimum Gasteiger partial charge on any atom is -0.457 e. The van der Waals surface area contributed by atoms with Gasteiger partial charge in [-0.25, -0.2) is 9.59 Å². The monoisotopic (exact) mass is 327 g/mol. The molecule has 0 radical (unpaired) electrons. The number of aromatic nitrogens is 1. The standard InChI is InChI=1S/C17H13NO6/c19-16(14-3-1-5-21-14)23-10-12-7-13(9-18-8-12)11-24-17(20)15-4-2-6-22-15/h1-9H,10-11H2. The summed E-state index contributed by atoms with van der Waals surface area (Å²) in [5.41, 5.74) is 1.34. The summed E-state index contributed by atoms with van der Waals surface area (Å²) in [5, 5.41) is 0. The van der Waals surface area contributed by atoms with Crippen LogP contribution in [0.1, 0.15) is 32.2 Å². The molecular weight excluding hydrogens is 314 g/mol. The van der Waals surface area contributed by atoms with Crippen molar-refractivity contribution in [1.29, 1.82) is 0 Å². The predicted octanol–water partition coefficient (Wildman–Crippen LogP) is 2.98. The number of ether oxygens (including phenoxy) is 2. The minimum absolute atomic E-state index is 0.0342. The zero-order valence-electron chi connectivity index (χ0n) is 12.5. The van der Waals surface area contributed by atoms with Crippen LogP contribution in [0.5, 0.6) is 0 Å². The van der Waals surface area contributed by atoms with Gasteiger partial charge in [0.1, 0.15) is 13.2 Å². The Morgan fingerprint density at radius 3 is 1.79 bits per heavy atom. The molecule has 3 aromatic rings. The lowest BCUT2D eigenvalue weighted by molar-refractivity contribution is 0.0435. The predicted molar refractivity (Wildman–Crippen MR) is 79.9 cm³/mol. The van der Waals surface area contributed by atoms with Crippen LogP contribution in [-0.2, 0) is 22.7 Å².